The molecule has 0 N–H and O–H groups in total. The average Bonchev–Trinajstić information content (AvgIpc) is 3.34. The van der Waals surface area contributed by atoms with E-state index in [0.29, 0.717) is 21.9 Å². The number of aryl methyl sites for hydroxylation is 1. The summed E-state index contributed by atoms with van der Waals surface area (Å²) >= 11 is 0. The molecule has 0 unspecified atom stereocenters. The Balaban J connectivity index is 1.91. The first-order valence-corrected chi connectivity index (χ1v) is 11.9. The van der Waals surface area contributed by atoms with Crippen molar-refractivity contribution >= 4 is 23.7 Å². The molecular weight excluding hydrogens is 405 g/mol. The molecule has 1 heterocycles. The van der Waals surface area contributed by atoms with Crippen molar-refractivity contribution in [2.45, 2.75) is 12.7 Å². The minimum Gasteiger partial charge on any atom is -0.467 e. The molecule has 1 amide bonds. The first-order valence-electron chi connectivity index (χ1n) is 10.1. The summed E-state index contributed by atoms with van der Waals surface area (Å²) in [5.41, 5.74) is 1.54. The van der Waals surface area contributed by atoms with E-state index in [1.807, 2.05) is 85.8 Å². The van der Waals surface area contributed by atoms with Gasteiger partial charge in [0.25, 0.3) is 5.91 Å². The quantitative estimate of drug-likeness (QED) is 0.387. The summed E-state index contributed by atoms with van der Waals surface area (Å²) in [5, 5.41) is 1.35. The van der Waals surface area contributed by atoms with Crippen LogP contribution in [0.4, 0.5) is 0 Å². The molecular formula is C26H24NO3P. The van der Waals surface area contributed by atoms with Gasteiger partial charge in [-0.25, -0.2) is 0 Å². The van der Waals surface area contributed by atoms with Gasteiger partial charge >= 0.3 is 0 Å². The van der Waals surface area contributed by atoms with Crippen LogP contribution in [0.1, 0.15) is 27.5 Å². The van der Waals surface area contributed by atoms with Gasteiger partial charge in [-0.15, -0.1) is 0 Å². The maximum Gasteiger partial charge on any atom is 0.254 e. The third kappa shape index (κ3) is 3.99. The molecule has 4 rings (SSSR count). The van der Waals surface area contributed by atoms with Gasteiger partial charge in [0.05, 0.1) is 6.26 Å². The number of carbonyl (C=O) groups excluding carboxylic acids is 1. The van der Waals surface area contributed by atoms with Crippen molar-refractivity contribution < 1.29 is 13.8 Å². The van der Waals surface area contributed by atoms with E-state index in [9.17, 15) is 4.79 Å². The molecule has 156 valence electrons. The fourth-order valence-corrected chi connectivity index (χ4v) is 7.07. The van der Waals surface area contributed by atoms with E-state index >= 15 is 4.57 Å². The lowest BCUT2D eigenvalue weighted by Crippen LogP contribution is -2.36. The highest BCUT2D eigenvalue weighted by atomic mass is 31.2. The van der Waals surface area contributed by atoms with Crippen LogP contribution in [0.5, 0.6) is 0 Å². The Labute approximate surface area is 182 Å². The van der Waals surface area contributed by atoms with Gasteiger partial charge in [-0.3, -0.25) is 4.79 Å². The lowest BCUT2D eigenvalue weighted by atomic mass is 10.1. The highest BCUT2D eigenvalue weighted by molar-refractivity contribution is 7.79. The predicted octanol–water partition coefficient (Wildman–Crippen LogP) is 5.37. The van der Waals surface area contributed by atoms with Gasteiger partial charge < -0.3 is 13.9 Å². The molecule has 0 spiro atoms. The van der Waals surface area contributed by atoms with E-state index in [2.05, 4.69) is 0 Å². The molecule has 0 saturated carbocycles. The topological polar surface area (TPSA) is 50.5 Å². The summed E-state index contributed by atoms with van der Waals surface area (Å²) in [7, 11) is -1.66. The monoisotopic (exact) mass is 429 g/mol. The molecule has 4 aromatic rings. The minimum absolute atomic E-state index is 0.211. The smallest absolute Gasteiger partial charge is 0.254 e. The number of hydrogen-bond donors (Lipinski definition) is 0. The Morgan fingerprint density at radius 2 is 1.45 bits per heavy atom. The Hall–Kier alpha value is -3.36. The van der Waals surface area contributed by atoms with E-state index in [-0.39, 0.29) is 5.91 Å². The Bertz CT molecular complexity index is 1160. The predicted molar refractivity (Wildman–Crippen MR) is 124 cm³/mol. The van der Waals surface area contributed by atoms with E-state index in [4.69, 9.17) is 4.42 Å². The lowest BCUT2D eigenvalue weighted by molar-refractivity contribution is 0.0764. The number of nitrogens with zero attached hydrogens (tertiary/aromatic N) is 1. The minimum atomic E-state index is -3.35. The number of benzene rings is 3. The summed E-state index contributed by atoms with van der Waals surface area (Å²) in [6, 6.07) is 29.6. The van der Waals surface area contributed by atoms with Crippen molar-refractivity contribution in [3.05, 3.63) is 120 Å². The molecule has 1 aromatic heterocycles. The van der Waals surface area contributed by atoms with Crippen molar-refractivity contribution in [2.24, 2.45) is 0 Å². The normalized spacial score (nSPS) is 12.3. The van der Waals surface area contributed by atoms with E-state index in [1.54, 1.807) is 36.4 Å². The van der Waals surface area contributed by atoms with Gasteiger partial charge in [0.15, 0.2) is 12.9 Å². The number of amides is 1. The highest BCUT2D eigenvalue weighted by Crippen LogP contribution is 2.58. The maximum absolute atomic E-state index is 15.0. The van der Waals surface area contributed by atoms with Gasteiger partial charge in [0.1, 0.15) is 5.76 Å². The summed E-state index contributed by atoms with van der Waals surface area (Å²) < 4.78 is 20.8. The molecule has 4 nitrogen and oxygen atoms in total. The van der Waals surface area contributed by atoms with Crippen molar-refractivity contribution in [2.75, 3.05) is 7.05 Å². The van der Waals surface area contributed by atoms with Crippen molar-refractivity contribution in [3.8, 4) is 0 Å². The van der Waals surface area contributed by atoms with Gasteiger partial charge in [-0.1, -0.05) is 78.4 Å². The Morgan fingerprint density at radius 3 is 1.97 bits per heavy atom. The fourth-order valence-electron chi connectivity index (χ4n) is 3.88. The van der Waals surface area contributed by atoms with E-state index in [1.165, 1.54) is 0 Å². The molecule has 0 bridgehead atoms. The zero-order valence-corrected chi connectivity index (χ0v) is 18.4. The van der Waals surface area contributed by atoms with Gasteiger partial charge in [0.2, 0.25) is 0 Å². The Kier molecular flexibility index (Phi) is 5.92. The van der Waals surface area contributed by atoms with Crippen LogP contribution in [0.15, 0.2) is 108 Å². The second kappa shape index (κ2) is 8.79. The van der Waals surface area contributed by atoms with Crippen LogP contribution in [-0.2, 0) is 4.57 Å². The molecule has 0 aliphatic rings. The standard InChI is InChI=1S/C26H24NO3P/c1-20-11-9-12-21(19-20)25(28)27(2)26(24-17-10-18-30-24)31(29,22-13-5-3-6-14-22)23-15-7-4-8-16-23/h3-19,26H,1-2H3/t26-/m1/s1. The van der Waals surface area contributed by atoms with Crippen LogP contribution in [0.3, 0.4) is 0 Å². The molecule has 0 fully saturated rings. The van der Waals surface area contributed by atoms with Crippen molar-refractivity contribution in [1.29, 1.82) is 0 Å². The van der Waals surface area contributed by atoms with Crippen LogP contribution in [0, 0.1) is 6.92 Å². The highest BCUT2D eigenvalue weighted by Gasteiger charge is 2.43. The van der Waals surface area contributed by atoms with Crippen LogP contribution in [0.25, 0.3) is 0 Å². The molecule has 1 atom stereocenters. The van der Waals surface area contributed by atoms with Crippen LogP contribution in [-0.4, -0.2) is 17.9 Å². The fraction of sp³-hybridized carbons (Fsp3) is 0.115. The number of hydrogen-bond acceptors (Lipinski definition) is 3. The zero-order chi connectivity index (χ0) is 21.8. The van der Waals surface area contributed by atoms with Crippen LogP contribution in [0.2, 0.25) is 0 Å². The van der Waals surface area contributed by atoms with E-state index < -0.39 is 12.9 Å². The molecule has 0 saturated heterocycles. The molecule has 31 heavy (non-hydrogen) atoms. The van der Waals surface area contributed by atoms with Gasteiger partial charge in [0, 0.05) is 23.2 Å². The van der Waals surface area contributed by atoms with Crippen molar-refractivity contribution in [1.82, 2.24) is 4.90 Å². The first kappa shape index (κ1) is 20.9. The van der Waals surface area contributed by atoms with E-state index in [0.717, 1.165) is 5.56 Å². The zero-order valence-electron chi connectivity index (χ0n) is 17.5. The first-order chi connectivity index (χ1) is 15.0. The number of rotatable bonds is 6. The summed E-state index contributed by atoms with van der Waals surface area (Å²) in [4.78, 5) is 15.1. The van der Waals surface area contributed by atoms with Gasteiger partial charge in [-0.05, 0) is 31.2 Å². The summed E-state index contributed by atoms with van der Waals surface area (Å²) in [5.74, 6) is -0.517. The summed E-state index contributed by atoms with van der Waals surface area (Å²) in [6.07, 6.45) is 1.55. The number of carbonyl (C=O) groups is 1. The molecule has 0 aliphatic carbocycles. The lowest BCUT2D eigenvalue weighted by Gasteiger charge is -2.34. The third-order valence-electron chi connectivity index (χ3n) is 5.37. The largest absolute Gasteiger partial charge is 0.467 e. The molecule has 0 radical (unpaired) electrons. The van der Waals surface area contributed by atoms with Crippen LogP contribution >= 0.6 is 7.14 Å². The third-order valence-corrected chi connectivity index (χ3v) is 8.79. The SMILES string of the molecule is Cc1cccc(C(=O)N(C)[C@@H](c2ccco2)P(=O)(c2ccccc2)c2ccccc2)c1. The van der Waals surface area contributed by atoms with Gasteiger partial charge in [-0.2, -0.15) is 0 Å². The average molecular weight is 429 g/mol. The summed E-state index contributed by atoms with van der Waals surface area (Å²) in [6.45, 7) is 1.94. The molecule has 5 heteroatoms. The van der Waals surface area contributed by atoms with Crippen molar-refractivity contribution in [3.63, 3.8) is 0 Å². The number of furan rings is 1. The molecule has 3 aromatic carbocycles. The maximum atomic E-state index is 15.0. The molecule has 0 aliphatic heterocycles. The second-order valence-corrected chi connectivity index (χ2v) is 10.3. The Morgan fingerprint density at radius 1 is 0.839 bits per heavy atom. The van der Waals surface area contributed by atoms with Crippen LogP contribution < -0.4 is 10.6 Å². The second-order valence-electron chi connectivity index (χ2n) is 7.50.